The number of methoxy groups -OCH3 is 1. The molecule has 0 saturated heterocycles. The lowest BCUT2D eigenvalue weighted by atomic mass is 10.2. The molecule has 0 amide bonds. The van der Waals surface area contributed by atoms with Crippen molar-refractivity contribution in [2.75, 3.05) is 39.2 Å². The van der Waals surface area contributed by atoms with E-state index in [0.29, 0.717) is 24.9 Å². The normalized spacial score (nSPS) is 11.0. The molecule has 2 aromatic rings. The molecule has 0 aliphatic carbocycles. The maximum atomic E-state index is 5.68. The van der Waals surface area contributed by atoms with Crippen LogP contribution in [-0.4, -0.2) is 39.9 Å². The Morgan fingerprint density at radius 3 is 2.54 bits per heavy atom. The van der Waals surface area contributed by atoms with Crippen LogP contribution in [0.3, 0.4) is 0 Å². The lowest BCUT2D eigenvalue weighted by Crippen LogP contribution is -2.32. The highest BCUT2D eigenvalue weighted by Crippen LogP contribution is 2.30. The van der Waals surface area contributed by atoms with Crippen molar-refractivity contribution in [2.45, 2.75) is 13.3 Å². The van der Waals surface area contributed by atoms with Crippen molar-refractivity contribution in [1.82, 2.24) is 5.32 Å². The predicted octanol–water partition coefficient (Wildman–Crippen LogP) is 3.55. The highest BCUT2D eigenvalue weighted by Gasteiger charge is 2.06. The fraction of sp³-hybridized carbons (Fsp3) is 0.350. The molecule has 0 aromatic heterocycles. The third-order valence-corrected chi connectivity index (χ3v) is 3.58. The van der Waals surface area contributed by atoms with Crippen LogP contribution < -0.4 is 24.8 Å². The van der Waals surface area contributed by atoms with Crippen LogP contribution in [0.25, 0.3) is 0 Å². The quantitative estimate of drug-likeness (QED) is 0.408. The lowest BCUT2D eigenvalue weighted by Gasteiger charge is -2.14. The van der Waals surface area contributed by atoms with Crippen molar-refractivity contribution in [3.8, 4) is 17.2 Å². The largest absolute Gasteiger partial charge is 0.494 e. The van der Waals surface area contributed by atoms with Crippen molar-refractivity contribution < 1.29 is 14.2 Å². The average Bonchev–Trinajstić information content (AvgIpc) is 2.68. The fourth-order valence-electron chi connectivity index (χ4n) is 2.32. The Morgan fingerprint density at radius 2 is 1.85 bits per heavy atom. The summed E-state index contributed by atoms with van der Waals surface area (Å²) in [5, 5.41) is 6.51. The van der Waals surface area contributed by atoms with Crippen LogP contribution in [0.1, 0.15) is 13.3 Å². The molecule has 0 unspecified atom stereocenters. The summed E-state index contributed by atoms with van der Waals surface area (Å²) < 4.78 is 16.6. The fourth-order valence-corrected chi connectivity index (χ4v) is 2.32. The average molecular weight is 357 g/mol. The van der Waals surface area contributed by atoms with Crippen LogP contribution in [0.15, 0.2) is 53.5 Å². The molecule has 0 atom stereocenters. The van der Waals surface area contributed by atoms with Gasteiger partial charge >= 0.3 is 0 Å². The van der Waals surface area contributed by atoms with Gasteiger partial charge < -0.3 is 24.8 Å². The molecule has 0 aliphatic rings. The highest BCUT2D eigenvalue weighted by molar-refractivity contribution is 5.93. The first-order valence-electron chi connectivity index (χ1n) is 8.73. The number of nitrogens with zero attached hydrogens (tertiary/aromatic N) is 1. The minimum Gasteiger partial charge on any atom is -0.494 e. The summed E-state index contributed by atoms with van der Waals surface area (Å²) in [7, 11) is 3.36. The van der Waals surface area contributed by atoms with E-state index in [4.69, 9.17) is 14.2 Å². The van der Waals surface area contributed by atoms with Crippen molar-refractivity contribution >= 4 is 11.6 Å². The number of aliphatic imine (C=N–C) groups is 1. The van der Waals surface area contributed by atoms with E-state index < -0.39 is 0 Å². The van der Waals surface area contributed by atoms with Crippen molar-refractivity contribution in [2.24, 2.45) is 4.99 Å². The minimum atomic E-state index is 0.595. The second kappa shape index (κ2) is 10.9. The zero-order valence-corrected chi connectivity index (χ0v) is 15.6. The molecule has 0 aliphatic heterocycles. The third-order valence-electron chi connectivity index (χ3n) is 3.58. The standard InChI is InChI=1S/C20H27N3O3/c1-4-25-18-12-11-16(15-19(18)24-3)23-20(21-2)22-13-8-14-26-17-9-6-5-7-10-17/h5-7,9-12,15H,4,8,13-14H2,1-3H3,(H2,21,22,23). The molecule has 2 aromatic carbocycles. The molecular formula is C20H27N3O3. The van der Waals surface area contributed by atoms with Crippen molar-refractivity contribution in [3.63, 3.8) is 0 Å². The zero-order valence-electron chi connectivity index (χ0n) is 15.6. The van der Waals surface area contributed by atoms with Crippen molar-refractivity contribution in [1.29, 1.82) is 0 Å². The maximum Gasteiger partial charge on any atom is 0.195 e. The number of ether oxygens (including phenoxy) is 3. The first-order chi connectivity index (χ1) is 12.8. The zero-order chi connectivity index (χ0) is 18.6. The Kier molecular flexibility index (Phi) is 8.12. The summed E-state index contributed by atoms with van der Waals surface area (Å²) >= 11 is 0. The monoisotopic (exact) mass is 357 g/mol. The Bertz CT molecular complexity index is 690. The van der Waals surface area contributed by atoms with E-state index >= 15 is 0 Å². The van der Waals surface area contributed by atoms with Gasteiger partial charge in [0.1, 0.15) is 5.75 Å². The maximum absolute atomic E-state index is 5.68. The lowest BCUT2D eigenvalue weighted by molar-refractivity contribution is 0.311. The number of nitrogens with one attached hydrogen (secondary N) is 2. The number of benzene rings is 2. The number of para-hydroxylation sites is 1. The van der Waals surface area contributed by atoms with Gasteiger partial charge in [0, 0.05) is 25.3 Å². The Morgan fingerprint density at radius 1 is 1.04 bits per heavy atom. The first kappa shape index (κ1) is 19.4. The molecule has 6 heteroatoms. The van der Waals surface area contributed by atoms with Gasteiger partial charge in [0.2, 0.25) is 0 Å². The number of hydrogen-bond acceptors (Lipinski definition) is 4. The molecular weight excluding hydrogens is 330 g/mol. The molecule has 0 bridgehead atoms. The van der Waals surface area contributed by atoms with Gasteiger partial charge in [0.05, 0.1) is 20.3 Å². The second-order valence-corrected chi connectivity index (χ2v) is 5.44. The summed E-state index contributed by atoms with van der Waals surface area (Å²) in [6.07, 6.45) is 0.863. The molecule has 26 heavy (non-hydrogen) atoms. The minimum absolute atomic E-state index is 0.595. The highest BCUT2D eigenvalue weighted by atomic mass is 16.5. The van der Waals surface area contributed by atoms with Crippen LogP contribution in [0.5, 0.6) is 17.2 Å². The predicted molar refractivity (Wildman–Crippen MR) is 106 cm³/mol. The molecule has 2 rings (SSSR count). The molecule has 6 nitrogen and oxygen atoms in total. The second-order valence-electron chi connectivity index (χ2n) is 5.44. The molecule has 0 radical (unpaired) electrons. The molecule has 0 heterocycles. The number of hydrogen-bond donors (Lipinski definition) is 2. The number of anilines is 1. The summed E-state index contributed by atoms with van der Waals surface area (Å²) in [4.78, 5) is 4.23. The molecule has 140 valence electrons. The van der Waals surface area contributed by atoms with E-state index in [0.717, 1.165) is 30.2 Å². The van der Waals surface area contributed by atoms with Gasteiger partial charge in [-0.25, -0.2) is 0 Å². The third kappa shape index (κ3) is 6.20. The first-order valence-corrected chi connectivity index (χ1v) is 8.73. The Balaban J connectivity index is 1.78. The van der Waals surface area contributed by atoms with E-state index in [2.05, 4.69) is 15.6 Å². The van der Waals surface area contributed by atoms with E-state index in [1.807, 2.05) is 55.5 Å². The molecule has 0 saturated carbocycles. The SMILES string of the molecule is CCOc1ccc(NC(=NC)NCCCOc2ccccc2)cc1OC. The van der Waals surface area contributed by atoms with Gasteiger partial charge in [-0.15, -0.1) is 0 Å². The molecule has 2 N–H and O–H groups in total. The van der Waals surface area contributed by atoms with E-state index in [1.165, 1.54) is 0 Å². The van der Waals surface area contributed by atoms with Crippen LogP contribution >= 0.6 is 0 Å². The van der Waals surface area contributed by atoms with Crippen LogP contribution in [0, 0.1) is 0 Å². The summed E-state index contributed by atoms with van der Waals surface area (Å²) in [5.74, 6) is 2.98. The topological polar surface area (TPSA) is 64.1 Å². The number of rotatable bonds is 9. The van der Waals surface area contributed by atoms with Gasteiger partial charge in [-0.1, -0.05) is 18.2 Å². The van der Waals surface area contributed by atoms with Crippen LogP contribution in [0.4, 0.5) is 5.69 Å². The van der Waals surface area contributed by atoms with E-state index in [1.54, 1.807) is 14.2 Å². The van der Waals surface area contributed by atoms with Crippen LogP contribution in [0.2, 0.25) is 0 Å². The van der Waals surface area contributed by atoms with Gasteiger partial charge in [-0.2, -0.15) is 0 Å². The van der Waals surface area contributed by atoms with E-state index in [-0.39, 0.29) is 0 Å². The van der Waals surface area contributed by atoms with Gasteiger partial charge in [-0.3, -0.25) is 4.99 Å². The summed E-state index contributed by atoms with van der Waals surface area (Å²) in [6.45, 7) is 3.93. The summed E-state index contributed by atoms with van der Waals surface area (Å²) in [6, 6.07) is 15.5. The Hall–Kier alpha value is -2.89. The van der Waals surface area contributed by atoms with Crippen LogP contribution in [-0.2, 0) is 0 Å². The van der Waals surface area contributed by atoms with E-state index in [9.17, 15) is 0 Å². The van der Waals surface area contributed by atoms with Gasteiger partial charge in [-0.05, 0) is 37.6 Å². The summed E-state index contributed by atoms with van der Waals surface area (Å²) in [5.41, 5.74) is 0.874. The smallest absolute Gasteiger partial charge is 0.195 e. The van der Waals surface area contributed by atoms with Crippen molar-refractivity contribution in [3.05, 3.63) is 48.5 Å². The molecule has 0 spiro atoms. The molecule has 0 fully saturated rings. The van der Waals surface area contributed by atoms with Gasteiger partial charge in [0.15, 0.2) is 17.5 Å². The van der Waals surface area contributed by atoms with Gasteiger partial charge in [0.25, 0.3) is 0 Å². The number of guanidine groups is 1. The Labute approximate surface area is 155 Å².